The van der Waals surface area contributed by atoms with Gasteiger partial charge in [0.15, 0.2) is 0 Å². The van der Waals surface area contributed by atoms with Gasteiger partial charge < -0.3 is 10.2 Å². The van der Waals surface area contributed by atoms with Gasteiger partial charge in [-0.1, -0.05) is 30.3 Å². The van der Waals surface area contributed by atoms with Gasteiger partial charge in [0.25, 0.3) is 0 Å². The molecule has 0 bridgehead atoms. The Morgan fingerprint density at radius 1 is 1.07 bits per heavy atom. The first-order valence-corrected chi connectivity index (χ1v) is 10.2. The van der Waals surface area contributed by atoms with Gasteiger partial charge in [-0.3, -0.25) is 9.59 Å². The molecule has 2 aromatic carbocycles. The maximum Gasteiger partial charge on any atom is 0.242 e. The Hall–Kier alpha value is -2.34. The number of hydrogen-bond donors (Lipinski definition) is 1. The van der Waals surface area contributed by atoms with Crippen molar-refractivity contribution in [1.82, 2.24) is 10.2 Å². The molecule has 28 heavy (non-hydrogen) atoms. The highest BCUT2D eigenvalue weighted by atomic mass is 32.2. The van der Waals surface area contributed by atoms with E-state index in [2.05, 4.69) is 5.32 Å². The number of nitrogens with one attached hydrogen (secondary N) is 1. The number of carbonyl (C=O) groups is 2. The minimum absolute atomic E-state index is 0.144. The molecule has 150 valence electrons. The number of nitrogens with zero attached hydrogens (tertiary/aromatic N) is 1. The van der Waals surface area contributed by atoms with E-state index in [1.807, 2.05) is 51.1 Å². The highest BCUT2D eigenvalue weighted by molar-refractivity contribution is 8.00. The minimum atomic E-state index is -0.645. The summed E-state index contributed by atoms with van der Waals surface area (Å²) < 4.78 is 13.2. The van der Waals surface area contributed by atoms with Gasteiger partial charge in [-0.15, -0.1) is 11.8 Å². The van der Waals surface area contributed by atoms with E-state index >= 15 is 0 Å². The summed E-state index contributed by atoms with van der Waals surface area (Å²) in [5.41, 5.74) is 0.379. The maximum absolute atomic E-state index is 13.2. The molecule has 4 nitrogen and oxygen atoms in total. The molecule has 2 rings (SSSR count). The van der Waals surface area contributed by atoms with Crippen molar-refractivity contribution in [2.45, 2.75) is 50.7 Å². The first-order valence-electron chi connectivity index (χ1n) is 9.19. The van der Waals surface area contributed by atoms with Crippen molar-refractivity contribution in [2.24, 2.45) is 0 Å². The standard InChI is InChI=1S/C22H27FN2O2S/c1-16(21(27)24-22(2,3)4)25(14-17-10-12-18(23)13-11-17)20(26)15-28-19-8-6-5-7-9-19/h5-13,16H,14-15H2,1-4H3,(H,24,27). The van der Waals surface area contributed by atoms with Crippen molar-refractivity contribution in [3.63, 3.8) is 0 Å². The lowest BCUT2D eigenvalue weighted by atomic mass is 10.1. The topological polar surface area (TPSA) is 49.4 Å². The zero-order valence-electron chi connectivity index (χ0n) is 16.7. The van der Waals surface area contributed by atoms with Crippen LogP contribution < -0.4 is 5.32 Å². The number of rotatable bonds is 7. The third kappa shape index (κ3) is 7.00. The monoisotopic (exact) mass is 402 g/mol. The zero-order chi connectivity index (χ0) is 20.7. The van der Waals surface area contributed by atoms with Gasteiger partial charge in [0.05, 0.1) is 5.75 Å². The molecule has 0 aliphatic rings. The Morgan fingerprint density at radius 3 is 2.25 bits per heavy atom. The van der Waals surface area contributed by atoms with E-state index < -0.39 is 11.6 Å². The van der Waals surface area contributed by atoms with Crippen molar-refractivity contribution in [3.05, 3.63) is 66.0 Å². The predicted molar refractivity (Wildman–Crippen MR) is 111 cm³/mol. The van der Waals surface area contributed by atoms with Gasteiger partial charge in [0.2, 0.25) is 11.8 Å². The van der Waals surface area contributed by atoms with Crippen LogP contribution in [-0.2, 0) is 16.1 Å². The van der Waals surface area contributed by atoms with Crippen molar-refractivity contribution in [1.29, 1.82) is 0 Å². The van der Waals surface area contributed by atoms with E-state index in [9.17, 15) is 14.0 Å². The second-order valence-corrected chi connectivity index (χ2v) is 8.71. The summed E-state index contributed by atoms with van der Waals surface area (Å²) in [4.78, 5) is 28.1. The lowest BCUT2D eigenvalue weighted by Crippen LogP contribution is -2.52. The first kappa shape index (κ1) is 22.0. The maximum atomic E-state index is 13.2. The summed E-state index contributed by atoms with van der Waals surface area (Å²) >= 11 is 1.43. The third-order valence-electron chi connectivity index (χ3n) is 4.04. The molecule has 1 unspecified atom stereocenters. The van der Waals surface area contributed by atoms with Crippen LogP contribution in [0.5, 0.6) is 0 Å². The number of benzene rings is 2. The number of amides is 2. The van der Waals surface area contributed by atoms with E-state index in [1.54, 1.807) is 24.0 Å². The van der Waals surface area contributed by atoms with Crippen molar-refractivity contribution >= 4 is 23.6 Å². The van der Waals surface area contributed by atoms with Gasteiger partial charge in [0.1, 0.15) is 11.9 Å². The lowest BCUT2D eigenvalue weighted by molar-refractivity contribution is -0.139. The highest BCUT2D eigenvalue weighted by Crippen LogP contribution is 2.19. The fourth-order valence-electron chi connectivity index (χ4n) is 2.59. The molecular weight excluding hydrogens is 375 g/mol. The Balaban J connectivity index is 2.15. The Bertz CT molecular complexity index is 788. The van der Waals surface area contributed by atoms with Gasteiger partial charge in [-0.2, -0.15) is 0 Å². The molecule has 0 radical (unpaired) electrons. The molecule has 0 spiro atoms. The van der Waals surface area contributed by atoms with E-state index in [0.717, 1.165) is 10.5 Å². The smallest absolute Gasteiger partial charge is 0.242 e. The molecule has 6 heteroatoms. The number of thioether (sulfide) groups is 1. The van der Waals surface area contributed by atoms with E-state index in [0.29, 0.717) is 0 Å². The quantitative estimate of drug-likeness (QED) is 0.705. The van der Waals surface area contributed by atoms with Gasteiger partial charge in [-0.05, 0) is 57.5 Å². The van der Waals surface area contributed by atoms with Crippen LogP contribution in [0.25, 0.3) is 0 Å². The van der Waals surface area contributed by atoms with E-state index in [4.69, 9.17) is 0 Å². The van der Waals surface area contributed by atoms with Gasteiger partial charge in [-0.25, -0.2) is 4.39 Å². The number of halogens is 1. The van der Waals surface area contributed by atoms with E-state index in [-0.39, 0.29) is 29.9 Å². The van der Waals surface area contributed by atoms with Crippen LogP contribution in [0.2, 0.25) is 0 Å². The van der Waals surface area contributed by atoms with Crippen molar-refractivity contribution in [2.75, 3.05) is 5.75 Å². The zero-order valence-corrected chi connectivity index (χ0v) is 17.6. The first-order chi connectivity index (χ1) is 13.2. The van der Waals surface area contributed by atoms with Crippen LogP contribution in [-0.4, -0.2) is 34.0 Å². The summed E-state index contributed by atoms with van der Waals surface area (Å²) in [5.74, 6) is -0.472. The fourth-order valence-corrected chi connectivity index (χ4v) is 3.39. The van der Waals surface area contributed by atoms with Crippen LogP contribution >= 0.6 is 11.8 Å². The van der Waals surface area contributed by atoms with Crippen molar-refractivity contribution in [3.8, 4) is 0 Å². The molecule has 0 heterocycles. The van der Waals surface area contributed by atoms with Crippen LogP contribution in [0, 0.1) is 5.82 Å². The van der Waals surface area contributed by atoms with Crippen LogP contribution in [0.1, 0.15) is 33.3 Å². The number of carbonyl (C=O) groups excluding carboxylic acids is 2. The molecular formula is C22H27FN2O2S. The third-order valence-corrected chi connectivity index (χ3v) is 5.03. The minimum Gasteiger partial charge on any atom is -0.350 e. The molecule has 0 saturated heterocycles. The molecule has 1 N–H and O–H groups in total. The molecule has 0 aliphatic carbocycles. The average Bonchev–Trinajstić information content (AvgIpc) is 2.64. The second-order valence-electron chi connectivity index (χ2n) is 7.67. The summed E-state index contributed by atoms with van der Waals surface area (Å²) in [6, 6.07) is 15.0. The molecule has 2 aromatic rings. The summed E-state index contributed by atoms with van der Waals surface area (Å²) in [6.07, 6.45) is 0. The number of hydrogen-bond acceptors (Lipinski definition) is 3. The molecule has 0 saturated carbocycles. The predicted octanol–water partition coefficient (Wildman–Crippen LogP) is 4.25. The Morgan fingerprint density at radius 2 is 1.68 bits per heavy atom. The molecule has 0 aliphatic heterocycles. The second kappa shape index (κ2) is 9.73. The molecule has 2 amide bonds. The summed E-state index contributed by atoms with van der Waals surface area (Å²) in [5, 5.41) is 2.92. The average molecular weight is 403 g/mol. The van der Waals surface area contributed by atoms with Crippen molar-refractivity contribution < 1.29 is 14.0 Å². The molecule has 1 atom stereocenters. The summed E-state index contributed by atoms with van der Waals surface area (Å²) in [6.45, 7) is 7.65. The lowest BCUT2D eigenvalue weighted by Gasteiger charge is -2.31. The molecule has 0 fully saturated rings. The SMILES string of the molecule is CC(C(=O)NC(C)(C)C)N(Cc1ccc(F)cc1)C(=O)CSc1ccccc1. The van der Waals surface area contributed by atoms with Crippen LogP contribution in [0.15, 0.2) is 59.5 Å². The highest BCUT2D eigenvalue weighted by Gasteiger charge is 2.28. The normalized spacial score (nSPS) is 12.3. The van der Waals surface area contributed by atoms with Gasteiger partial charge in [0, 0.05) is 17.0 Å². The Labute approximate surface area is 170 Å². The van der Waals surface area contributed by atoms with Gasteiger partial charge >= 0.3 is 0 Å². The molecule has 0 aromatic heterocycles. The summed E-state index contributed by atoms with van der Waals surface area (Å²) in [7, 11) is 0. The largest absolute Gasteiger partial charge is 0.350 e. The van der Waals surface area contributed by atoms with Crippen LogP contribution in [0.3, 0.4) is 0 Å². The van der Waals surface area contributed by atoms with Crippen LogP contribution in [0.4, 0.5) is 4.39 Å². The Kier molecular flexibility index (Phi) is 7.63. The fraction of sp³-hybridized carbons (Fsp3) is 0.364. The van der Waals surface area contributed by atoms with E-state index in [1.165, 1.54) is 23.9 Å².